The Bertz CT molecular complexity index is 792. The zero-order valence-electron chi connectivity index (χ0n) is 13.9. The van der Waals surface area contributed by atoms with Gasteiger partial charge in [-0.3, -0.25) is 4.90 Å². The zero-order chi connectivity index (χ0) is 16.4. The van der Waals surface area contributed by atoms with Crippen LogP contribution in [0.15, 0.2) is 48.5 Å². The first-order valence-corrected chi connectivity index (χ1v) is 7.88. The minimum Gasteiger partial charge on any atom is -0.387 e. The molecule has 0 saturated heterocycles. The quantitative estimate of drug-likeness (QED) is 0.787. The van der Waals surface area contributed by atoms with Crippen molar-refractivity contribution < 1.29 is 5.11 Å². The lowest BCUT2D eigenvalue weighted by molar-refractivity contribution is 0.122. The van der Waals surface area contributed by atoms with Crippen molar-refractivity contribution in [3.05, 3.63) is 65.5 Å². The molecule has 1 heterocycles. The molecule has 1 unspecified atom stereocenters. The highest BCUT2D eigenvalue weighted by molar-refractivity contribution is 5.75. The summed E-state index contributed by atoms with van der Waals surface area (Å²) in [5, 5.41) is 10.4. The van der Waals surface area contributed by atoms with E-state index < -0.39 is 6.10 Å². The maximum atomic E-state index is 10.4. The number of imidazole rings is 1. The van der Waals surface area contributed by atoms with Gasteiger partial charge in [-0.25, -0.2) is 4.98 Å². The summed E-state index contributed by atoms with van der Waals surface area (Å²) in [7, 11) is 4.05. The summed E-state index contributed by atoms with van der Waals surface area (Å²) in [6.07, 6.45) is -0.490. The van der Waals surface area contributed by atoms with Crippen LogP contribution < -0.4 is 0 Å². The van der Waals surface area contributed by atoms with E-state index in [0.717, 1.165) is 22.4 Å². The molecule has 1 aromatic heterocycles. The molecule has 0 bridgehead atoms. The standard InChI is InChI=1S/C19H23N3O/c1-14-8-10-15(11-9-14)18(23)12-21(2)13-19-20-16-6-4-5-7-17(16)22(19)3/h4-11,18,23H,12-13H2,1-3H3. The van der Waals surface area contributed by atoms with E-state index in [2.05, 4.69) is 20.5 Å². The molecule has 120 valence electrons. The van der Waals surface area contributed by atoms with Crippen LogP contribution in [-0.2, 0) is 13.6 Å². The molecule has 4 nitrogen and oxygen atoms in total. The third kappa shape index (κ3) is 3.44. The van der Waals surface area contributed by atoms with Gasteiger partial charge in [0, 0.05) is 13.6 Å². The van der Waals surface area contributed by atoms with Crippen LogP contribution in [0.5, 0.6) is 0 Å². The number of hydrogen-bond acceptors (Lipinski definition) is 3. The Hall–Kier alpha value is -2.17. The maximum Gasteiger partial charge on any atom is 0.123 e. The van der Waals surface area contributed by atoms with E-state index in [1.54, 1.807) is 0 Å². The van der Waals surface area contributed by atoms with Crippen molar-refractivity contribution in [2.75, 3.05) is 13.6 Å². The molecule has 0 saturated carbocycles. The smallest absolute Gasteiger partial charge is 0.123 e. The molecule has 0 aliphatic carbocycles. The fourth-order valence-corrected chi connectivity index (χ4v) is 2.83. The predicted octanol–water partition coefficient (Wildman–Crippen LogP) is 3.05. The number of aryl methyl sites for hydroxylation is 2. The van der Waals surface area contributed by atoms with E-state index in [0.29, 0.717) is 13.1 Å². The Labute approximate surface area is 137 Å². The molecule has 0 aliphatic rings. The lowest BCUT2D eigenvalue weighted by atomic mass is 10.1. The van der Waals surface area contributed by atoms with E-state index >= 15 is 0 Å². The summed E-state index contributed by atoms with van der Waals surface area (Å²) < 4.78 is 2.12. The Morgan fingerprint density at radius 1 is 1.13 bits per heavy atom. The van der Waals surface area contributed by atoms with Crippen LogP contribution in [0, 0.1) is 6.92 Å². The van der Waals surface area contributed by atoms with Crippen molar-refractivity contribution in [3.63, 3.8) is 0 Å². The van der Waals surface area contributed by atoms with Crippen molar-refractivity contribution >= 4 is 11.0 Å². The molecule has 2 aromatic carbocycles. The molecular formula is C19H23N3O. The summed E-state index contributed by atoms with van der Waals surface area (Å²) in [6, 6.07) is 16.2. The van der Waals surface area contributed by atoms with E-state index in [4.69, 9.17) is 0 Å². The Kier molecular flexibility index (Phi) is 4.46. The van der Waals surface area contributed by atoms with Gasteiger partial charge < -0.3 is 9.67 Å². The number of nitrogens with zero attached hydrogens (tertiary/aromatic N) is 3. The second-order valence-corrected chi connectivity index (χ2v) is 6.20. The van der Waals surface area contributed by atoms with Gasteiger partial charge in [0.25, 0.3) is 0 Å². The predicted molar refractivity (Wildman–Crippen MR) is 93.2 cm³/mol. The monoisotopic (exact) mass is 309 g/mol. The van der Waals surface area contributed by atoms with Crippen LogP contribution in [0.3, 0.4) is 0 Å². The highest BCUT2D eigenvalue weighted by atomic mass is 16.3. The van der Waals surface area contributed by atoms with Gasteiger partial charge in [0.2, 0.25) is 0 Å². The second-order valence-electron chi connectivity index (χ2n) is 6.20. The summed E-state index contributed by atoms with van der Waals surface area (Å²) in [4.78, 5) is 6.79. The molecule has 0 aliphatic heterocycles. The van der Waals surface area contributed by atoms with E-state index in [-0.39, 0.29) is 0 Å². The van der Waals surface area contributed by atoms with Gasteiger partial charge in [-0.1, -0.05) is 42.0 Å². The summed E-state index contributed by atoms with van der Waals surface area (Å²) in [5.41, 5.74) is 4.30. The van der Waals surface area contributed by atoms with E-state index in [1.807, 2.05) is 63.5 Å². The molecular weight excluding hydrogens is 286 g/mol. The average molecular weight is 309 g/mol. The van der Waals surface area contributed by atoms with Gasteiger partial charge in [-0.2, -0.15) is 0 Å². The molecule has 3 rings (SSSR count). The molecule has 0 radical (unpaired) electrons. The minimum absolute atomic E-state index is 0.490. The third-order valence-corrected chi connectivity index (χ3v) is 4.24. The van der Waals surface area contributed by atoms with Gasteiger partial charge in [-0.15, -0.1) is 0 Å². The zero-order valence-corrected chi connectivity index (χ0v) is 13.9. The van der Waals surface area contributed by atoms with Crippen LogP contribution in [0.2, 0.25) is 0 Å². The second kappa shape index (κ2) is 6.52. The summed E-state index contributed by atoms with van der Waals surface area (Å²) >= 11 is 0. The van der Waals surface area contributed by atoms with Gasteiger partial charge in [0.05, 0.1) is 23.7 Å². The number of fused-ring (bicyclic) bond motifs is 1. The minimum atomic E-state index is -0.490. The number of likely N-dealkylation sites (N-methyl/N-ethyl adjacent to an activating group) is 1. The Morgan fingerprint density at radius 3 is 2.52 bits per heavy atom. The van der Waals surface area contributed by atoms with Crippen molar-refractivity contribution in [2.24, 2.45) is 7.05 Å². The maximum absolute atomic E-state index is 10.4. The van der Waals surface area contributed by atoms with Crippen molar-refractivity contribution in [1.29, 1.82) is 0 Å². The van der Waals surface area contributed by atoms with Gasteiger partial charge in [0.15, 0.2) is 0 Å². The molecule has 0 fully saturated rings. The lowest BCUT2D eigenvalue weighted by Crippen LogP contribution is -2.25. The Morgan fingerprint density at radius 2 is 1.83 bits per heavy atom. The number of hydrogen-bond donors (Lipinski definition) is 1. The van der Waals surface area contributed by atoms with E-state index in [1.165, 1.54) is 5.56 Å². The first kappa shape index (κ1) is 15.7. The van der Waals surface area contributed by atoms with Gasteiger partial charge in [-0.05, 0) is 31.7 Å². The van der Waals surface area contributed by atoms with Crippen LogP contribution in [0.1, 0.15) is 23.1 Å². The van der Waals surface area contributed by atoms with Crippen molar-refractivity contribution in [3.8, 4) is 0 Å². The number of para-hydroxylation sites is 2. The molecule has 1 atom stereocenters. The highest BCUT2D eigenvalue weighted by Crippen LogP contribution is 2.18. The fraction of sp³-hybridized carbons (Fsp3) is 0.316. The molecule has 1 N–H and O–H groups in total. The first-order chi connectivity index (χ1) is 11.0. The fourth-order valence-electron chi connectivity index (χ4n) is 2.83. The summed E-state index contributed by atoms with van der Waals surface area (Å²) in [5.74, 6) is 1.00. The SMILES string of the molecule is Cc1ccc(C(O)CN(C)Cc2nc3ccccc3n2C)cc1. The van der Waals surface area contributed by atoms with Crippen LogP contribution in [0.25, 0.3) is 11.0 Å². The van der Waals surface area contributed by atoms with Gasteiger partial charge >= 0.3 is 0 Å². The van der Waals surface area contributed by atoms with Crippen LogP contribution in [0.4, 0.5) is 0 Å². The topological polar surface area (TPSA) is 41.3 Å². The molecule has 3 aromatic rings. The average Bonchev–Trinajstić information content (AvgIpc) is 2.84. The van der Waals surface area contributed by atoms with Gasteiger partial charge in [0.1, 0.15) is 5.82 Å². The molecule has 4 heteroatoms. The van der Waals surface area contributed by atoms with Crippen molar-refractivity contribution in [1.82, 2.24) is 14.5 Å². The lowest BCUT2D eigenvalue weighted by Gasteiger charge is -2.20. The Balaban J connectivity index is 1.69. The number of aliphatic hydroxyl groups excluding tert-OH is 1. The van der Waals surface area contributed by atoms with E-state index in [9.17, 15) is 5.11 Å². The highest BCUT2D eigenvalue weighted by Gasteiger charge is 2.14. The largest absolute Gasteiger partial charge is 0.387 e. The number of rotatable bonds is 5. The van der Waals surface area contributed by atoms with Crippen LogP contribution in [-0.4, -0.2) is 33.1 Å². The van der Waals surface area contributed by atoms with Crippen molar-refractivity contribution in [2.45, 2.75) is 19.6 Å². The number of aromatic nitrogens is 2. The summed E-state index contributed by atoms with van der Waals surface area (Å²) in [6.45, 7) is 3.33. The normalized spacial score (nSPS) is 12.9. The first-order valence-electron chi connectivity index (χ1n) is 7.88. The van der Waals surface area contributed by atoms with Crippen LogP contribution >= 0.6 is 0 Å². The molecule has 23 heavy (non-hydrogen) atoms. The third-order valence-electron chi connectivity index (χ3n) is 4.24. The number of aliphatic hydroxyl groups is 1. The molecule has 0 spiro atoms. The number of benzene rings is 2. The molecule has 0 amide bonds.